The number of carbonyl (C=O) groups excluding carboxylic acids is 1. The molecule has 2 aromatic rings. The quantitative estimate of drug-likeness (QED) is 0.629. The minimum atomic E-state index is -4.86. The highest BCUT2D eigenvalue weighted by molar-refractivity contribution is 7.99. The normalized spacial score (nSPS) is 16.3. The number of alkyl halides is 3. The van der Waals surface area contributed by atoms with Crippen LogP contribution in [0.5, 0.6) is 0 Å². The largest absolute Gasteiger partial charge is 0.419 e. The highest BCUT2D eigenvalue weighted by atomic mass is 32.2. The van der Waals surface area contributed by atoms with E-state index in [-0.39, 0.29) is 17.7 Å². The van der Waals surface area contributed by atoms with Crippen molar-refractivity contribution >= 4 is 23.4 Å². The molecule has 0 spiro atoms. The van der Waals surface area contributed by atoms with Gasteiger partial charge < -0.3 is 5.32 Å². The number of fused-ring (bicyclic) bond motifs is 1. The van der Waals surface area contributed by atoms with Gasteiger partial charge in [0, 0.05) is 29.1 Å². The second-order valence-electron chi connectivity index (χ2n) is 6.19. The molecule has 1 amide bonds. The second kappa shape index (κ2) is 6.99. The summed E-state index contributed by atoms with van der Waals surface area (Å²) >= 11 is 1.34. The number of benzene rings is 1. The van der Waals surface area contributed by atoms with Crippen LogP contribution in [0.1, 0.15) is 29.3 Å². The van der Waals surface area contributed by atoms with Gasteiger partial charge in [0.1, 0.15) is 5.82 Å². The van der Waals surface area contributed by atoms with Crippen molar-refractivity contribution < 1.29 is 22.4 Å². The molecule has 1 N–H and O–H groups in total. The smallest absolute Gasteiger partial charge is 0.326 e. The summed E-state index contributed by atoms with van der Waals surface area (Å²) in [6.45, 7) is 3.38. The minimum absolute atomic E-state index is 0.108. The average molecular weight is 401 g/mol. The molecule has 1 aromatic heterocycles. The number of hydrogen-bond donors (Lipinski definition) is 1. The van der Waals surface area contributed by atoms with E-state index < -0.39 is 29.5 Å². The molecule has 10 heteroatoms. The minimum Gasteiger partial charge on any atom is -0.326 e. The van der Waals surface area contributed by atoms with Crippen molar-refractivity contribution in [2.45, 2.75) is 37.6 Å². The molecule has 27 heavy (non-hydrogen) atoms. The van der Waals surface area contributed by atoms with Crippen LogP contribution in [0.25, 0.3) is 0 Å². The molecular weight excluding hydrogens is 386 g/mol. The van der Waals surface area contributed by atoms with Crippen LogP contribution in [0.3, 0.4) is 0 Å². The van der Waals surface area contributed by atoms with Gasteiger partial charge in [-0.3, -0.25) is 14.2 Å². The molecule has 1 aliphatic rings. The fraction of sp³-hybridized carbons (Fsp3) is 0.353. The van der Waals surface area contributed by atoms with Gasteiger partial charge in [-0.15, -0.1) is 0 Å². The third-order valence-electron chi connectivity index (χ3n) is 4.30. The summed E-state index contributed by atoms with van der Waals surface area (Å²) in [5.41, 5.74) is -0.741. The Bertz CT molecular complexity index is 972. The summed E-state index contributed by atoms with van der Waals surface area (Å²) in [4.78, 5) is 29.0. The number of nitrogens with zero attached hydrogens (tertiary/aromatic N) is 2. The van der Waals surface area contributed by atoms with E-state index in [1.807, 2.05) is 0 Å². The van der Waals surface area contributed by atoms with Gasteiger partial charge in [0.25, 0.3) is 5.56 Å². The fourth-order valence-electron chi connectivity index (χ4n) is 2.77. The topological polar surface area (TPSA) is 64.0 Å². The molecule has 0 bridgehead atoms. The maximum atomic E-state index is 13.3. The highest BCUT2D eigenvalue weighted by Crippen LogP contribution is 2.34. The van der Waals surface area contributed by atoms with Crippen LogP contribution in [-0.2, 0) is 11.0 Å². The van der Waals surface area contributed by atoms with Crippen molar-refractivity contribution in [2.75, 3.05) is 11.1 Å². The summed E-state index contributed by atoms with van der Waals surface area (Å²) < 4.78 is 53.1. The zero-order valence-electron chi connectivity index (χ0n) is 14.4. The third kappa shape index (κ3) is 3.85. The first kappa shape index (κ1) is 19.4. The molecule has 1 aliphatic heterocycles. The number of nitrogens with one attached hydrogen (secondary N) is 1. The third-order valence-corrected chi connectivity index (χ3v) is 5.40. The lowest BCUT2D eigenvalue weighted by molar-refractivity contribution is -0.140. The molecule has 144 valence electrons. The van der Waals surface area contributed by atoms with Crippen LogP contribution in [0.2, 0.25) is 0 Å². The van der Waals surface area contributed by atoms with Gasteiger partial charge in [0.05, 0.1) is 11.6 Å². The van der Waals surface area contributed by atoms with Crippen molar-refractivity contribution in [3.05, 3.63) is 51.2 Å². The molecular formula is C17H15F4N3O2S. The number of anilines is 1. The molecule has 0 radical (unpaired) electrons. The number of carbonyl (C=O) groups is 1. The maximum absolute atomic E-state index is 13.3. The number of rotatable bonds is 3. The van der Waals surface area contributed by atoms with E-state index in [0.717, 1.165) is 6.07 Å². The lowest BCUT2D eigenvalue weighted by atomic mass is 10.1. The Hall–Kier alpha value is -2.36. The summed E-state index contributed by atoms with van der Waals surface area (Å²) in [5, 5.41) is 2.85. The Morgan fingerprint density at radius 3 is 2.74 bits per heavy atom. The molecule has 0 fully saturated rings. The molecule has 2 heterocycles. The monoisotopic (exact) mass is 401 g/mol. The molecule has 5 nitrogen and oxygen atoms in total. The van der Waals surface area contributed by atoms with Crippen LogP contribution in [0, 0.1) is 19.7 Å². The first-order valence-corrected chi connectivity index (χ1v) is 8.95. The van der Waals surface area contributed by atoms with Crippen molar-refractivity contribution in [2.24, 2.45) is 0 Å². The van der Waals surface area contributed by atoms with Crippen LogP contribution < -0.4 is 10.9 Å². The van der Waals surface area contributed by atoms with Gasteiger partial charge in [-0.05, 0) is 32.0 Å². The summed E-state index contributed by atoms with van der Waals surface area (Å²) in [7, 11) is 0. The summed E-state index contributed by atoms with van der Waals surface area (Å²) in [6.07, 6.45) is -4.97. The standard InChI is InChI=1S/C17H15F4N3O2S/c1-8-9(2)22-16-24(15(8)26)11(7-27-16)6-14(25)23-10-3-4-13(18)12(5-10)17(19,20)21/h3-5,11H,6-7H2,1-2H3,(H,23,25). The fourth-order valence-corrected chi connectivity index (χ4v) is 3.95. The van der Waals surface area contributed by atoms with E-state index in [0.29, 0.717) is 34.3 Å². The van der Waals surface area contributed by atoms with Crippen molar-refractivity contribution in [1.82, 2.24) is 9.55 Å². The summed E-state index contributed by atoms with van der Waals surface area (Å²) in [6, 6.07) is 1.80. The van der Waals surface area contributed by atoms with E-state index in [1.54, 1.807) is 13.8 Å². The van der Waals surface area contributed by atoms with Crippen molar-refractivity contribution in [3.63, 3.8) is 0 Å². The SMILES string of the molecule is Cc1nc2n(c(=O)c1C)C(CC(=O)Nc1ccc(F)c(C(F)(F)F)c1)CS2. The molecule has 0 saturated carbocycles. The first-order chi connectivity index (χ1) is 12.6. The van der Waals surface area contributed by atoms with Gasteiger partial charge >= 0.3 is 6.18 Å². The first-order valence-electron chi connectivity index (χ1n) is 7.97. The Kier molecular flexibility index (Phi) is 5.02. The number of amides is 1. The number of hydrogen-bond acceptors (Lipinski definition) is 4. The summed E-state index contributed by atoms with van der Waals surface area (Å²) in [5.74, 6) is -1.53. The molecule has 1 aromatic carbocycles. The number of thioether (sulfide) groups is 1. The predicted molar refractivity (Wildman–Crippen MR) is 92.4 cm³/mol. The second-order valence-corrected chi connectivity index (χ2v) is 7.18. The Labute approximate surface area is 155 Å². The Balaban J connectivity index is 1.78. The lowest BCUT2D eigenvalue weighted by Crippen LogP contribution is -2.29. The van der Waals surface area contributed by atoms with Crippen molar-refractivity contribution in [3.8, 4) is 0 Å². The van der Waals surface area contributed by atoms with Gasteiger partial charge in [0.15, 0.2) is 5.16 Å². The number of halogens is 4. The van der Waals surface area contributed by atoms with Crippen LogP contribution >= 0.6 is 11.8 Å². The highest BCUT2D eigenvalue weighted by Gasteiger charge is 2.34. The molecule has 3 rings (SSSR count). The van der Waals surface area contributed by atoms with Crippen LogP contribution in [-0.4, -0.2) is 21.2 Å². The Morgan fingerprint density at radius 1 is 1.37 bits per heavy atom. The van der Waals surface area contributed by atoms with E-state index in [4.69, 9.17) is 0 Å². The molecule has 1 unspecified atom stereocenters. The van der Waals surface area contributed by atoms with E-state index in [2.05, 4.69) is 10.3 Å². The molecule has 0 saturated heterocycles. The number of aromatic nitrogens is 2. The lowest BCUT2D eigenvalue weighted by Gasteiger charge is -2.15. The van der Waals surface area contributed by atoms with E-state index >= 15 is 0 Å². The van der Waals surface area contributed by atoms with Gasteiger partial charge in [-0.1, -0.05) is 11.8 Å². The van der Waals surface area contributed by atoms with Crippen LogP contribution in [0.15, 0.2) is 28.2 Å². The average Bonchev–Trinajstić information content (AvgIpc) is 2.96. The molecule has 0 aliphatic carbocycles. The van der Waals surface area contributed by atoms with E-state index in [9.17, 15) is 27.2 Å². The molecule has 1 atom stereocenters. The van der Waals surface area contributed by atoms with Gasteiger partial charge in [0.2, 0.25) is 5.91 Å². The zero-order valence-corrected chi connectivity index (χ0v) is 15.2. The zero-order chi connectivity index (χ0) is 19.9. The van der Waals surface area contributed by atoms with Crippen molar-refractivity contribution in [1.29, 1.82) is 0 Å². The van der Waals surface area contributed by atoms with E-state index in [1.165, 1.54) is 16.3 Å². The van der Waals surface area contributed by atoms with Gasteiger partial charge in [-0.2, -0.15) is 13.2 Å². The predicted octanol–water partition coefficient (Wildman–Crippen LogP) is 3.69. The number of aryl methyl sites for hydroxylation is 1. The van der Waals surface area contributed by atoms with Gasteiger partial charge in [-0.25, -0.2) is 9.37 Å². The maximum Gasteiger partial charge on any atom is 0.419 e. The van der Waals surface area contributed by atoms with Crippen LogP contribution in [0.4, 0.5) is 23.2 Å². The Morgan fingerprint density at radius 2 is 2.07 bits per heavy atom.